The van der Waals surface area contributed by atoms with E-state index < -0.39 is 139 Å². The number of benzene rings is 2. The van der Waals surface area contributed by atoms with Gasteiger partial charge in [-0.1, -0.05) is 29.5 Å². The summed E-state index contributed by atoms with van der Waals surface area (Å²) < 4.78 is 55.1. The summed E-state index contributed by atoms with van der Waals surface area (Å²) in [6.07, 6.45) is -18.0. The van der Waals surface area contributed by atoms with Crippen LogP contribution in [0.5, 0.6) is 0 Å². The number of carbonyl (C=O) groups is 2. The van der Waals surface area contributed by atoms with Gasteiger partial charge in [-0.3, -0.25) is 14.5 Å². The van der Waals surface area contributed by atoms with Gasteiger partial charge in [0, 0.05) is 75.5 Å². The average molecular weight is 1140 g/mol. The number of rotatable bonds is 18. The van der Waals surface area contributed by atoms with E-state index in [1.807, 2.05) is 29.2 Å². The molecule has 2 aromatic heterocycles. The molecule has 81 heavy (non-hydrogen) atoms. The number of nitrogens with one attached hydrogen (secondary N) is 1. The number of fused-ring (bicyclic) bond motifs is 1. The number of aliphatic hydroxyl groups is 6. The second kappa shape index (κ2) is 24.5. The normalized spacial score (nSPS) is 35.8. The van der Waals surface area contributed by atoms with Crippen molar-refractivity contribution in [1.82, 2.24) is 29.8 Å². The Labute approximate surface area is 462 Å². The summed E-state index contributed by atoms with van der Waals surface area (Å²) in [5.41, 5.74) is 38.8. The fraction of sp³-hybridized carbons (Fsp3) is 0.627. The van der Waals surface area contributed by atoms with Gasteiger partial charge < -0.3 is 113 Å². The molecule has 2 aliphatic carbocycles. The van der Waals surface area contributed by atoms with Crippen LogP contribution in [0.25, 0.3) is 10.9 Å². The first-order chi connectivity index (χ1) is 38.7. The van der Waals surface area contributed by atoms with Gasteiger partial charge in [-0.05, 0) is 42.5 Å². The fourth-order valence-electron chi connectivity index (χ4n) is 11.3. The number of hydrogen-bond donors (Lipinski definition) is 14. The van der Waals surface area contributed by atoms with Crippen molar-refractivity contribution in [1.29, 1.82) is 0 Å². The van der Waals surface area contributed by atoms with Gasteiger partial charge in [-0.25, -0.2) is 13.9 Å². The van der Waals surface area contributed by atoms with Gasteiger partial charge in [0.15, 0.2) is 25.0 Å². The maximum Gasteiger partial charge on any atom is 0.341 e. The highest BCUT2D eigenvalue weighted by Gasteiger charge is 2.56. The summed E-state index contributed by atoms with van der Waals surface area (Å²) in [6, 6.07) is 6.08. The maximum absolute atomic E-state index is 15.7. The molecule has 0 unspecified atom stereocenters. The molecule has 4 saturated heterocycles. The first-order valence-electron chi connectivity index (χ1n) is 27.0. The Hall–Kier alpha value is -5.30. The molecule has 2 aromatic carbocycles. The molecular formula is C51H72FN13O16. The highest BCUT2D eigenvalue weighted by Crippen LogP contribution is 2.39. The number of aromatic carboxylic acids is 1. The van der Waals surface area contributed by atoms with E-state index in [-0.39, 0.29) is 43.0 Å². The van der Waals surface area contributed by atoms with E-state index in [0.717, 1.165) is 30.0 Å². The summed E-state index contributed by atoms with van der Waals surface area (Å²) in [4.78, 5) is 43.2. The number of pyridine rings is 1. The van der Waals surface area contributed by atoms with Crippen molar-refractivity contribution in [2.24, 2.45) is 34.4 Å². The fourth-order valence-corrected chi connectivity index (χ4v) is 11.3. The van der Waals surface area contributed by atoms with E-state index in [1.165, 1.54) is 6.20 Å². The Morgan fingerprint density at radius 2 is 1.35 bits per heavy atom. The highest BCUT2D eigenvalue weighted by molar-refractivity contribution is 5.93. The number of halogens is 1. The van der Waals surface area contributed by atoms with Crippen LogP contribution < -0.4 is 50.0 Å². The molecule has 10 rings (SSSR count). The van der Waals surface area contributed by atoms with Gasteiger partial charge in [-0.2, -0.15) is 0 Å². The predicted molar refractivity (Wildman–Crippen MR) is 280 cm³/mol. The average Bonchev–Trinajstić information content (AvgIpc) is 4.23. The molecule has 4 aromatic rings. The molecular weight excluding hydrogens is 1070 g/mol. The van der Waals surface area contributed by atoms with Crippen molar-refractivity contribution < 1.29 is 78.1 Å². The maximum atomic E-state index is 15.7. The van der Waals surface area contributed by atoms with E-state index in [2.05, 4.69) is 20.5 Å². The number of nitrogens with zero attached hydrogens (tertiary/aromatic N) is 6. The molecule has 19 atom stereocenters. The zero-order chi connectivity index (χ0) is 57.7. The number of aliphatic hydroxyl groups excluding tert-OH is 6. The van der Waals surface area contributed by atoms with Crippen molar-refractivity contribution in [3.05, 3.63) is 87.2 Å². The molecule has 6 fully saturated rings. The zero-order valence-corrected chi connectivity index (χ0v) is 44.0. The highest BCUT2D eigenvalue weighted by atomic mass is 19.1. The van der Waals surface area contributed by atoms with Gasteiger partial charge in [0.05, 0.1) is 48.7 Å². The Morgan fingerprint density at radius 1 is 0.728 bits per heavy atom. The van der Waals surface area contributed by atoms with E-state index in [9.17, 15) is 50.1 Å². The predicted octanol–water partition coefficient (Wildman–Crippen LogP) is -6.12. The molecule has 444 valence electrons. The van der Waals surface area contributed by atoms with Crippen molar-refractivity contribution in [2.45, 2.75) is 161 Å². The Balaban J connectivity index is 0.781. The molecule has 2 saturated carbocycles. The molecule has 29 nitrogen and oxygen atoms in total. The van der Waals surface area contributed by atoms with Crippen LogP contribution >= 0.6 is 0 Å². The van der Waals surface area contributed by atoms with E-state index in [1.54, 1.807) is 21.5 Å². The number of piperazine rings is 1. The Morgan fingerprint density at radius 3 is 1.96 bits per heavy atom. The zero-order valence-electron chi connectivity index (χ0n) is 44.0. The summed E-state index contributed by atoms with van der Waals surface area (Å²) >= 11 is 0. The van der Waals surface area contributed by atoms with E-state index >= 15 is 4.39 Å². The molecule has 0 radical (unpaired) electrons. The monoisotopic (exact) mass is 1140 g/mol. The third-order valence-corrected chi connectivity index (χ3v) is 16.1. The molecule has 6 aliphatic rings. The number of ether oxygens (including phenoxy) is 6. The lowest BCUT2D eigenvalue weighted by atomic mass is 9.84. The third kappa shape index (κ3) is 12.2. The summed E-state index contributed by atoms with van der Waals surface area (Å²) in [7, 11) is 0. The van der Waals surface area contributed by atoms with Crippen LogP contribution in [0.3, 0.4) is 0 Å². The van der Waals surface area contributed by atoms with Gasteiger partial charge in [0.2, 0.25) is 5.43 Å². The lowest BCUT2D eigenvalue weighted by Gasteiger charge is -2.47. The van der Waals surface area contributed by atoms with Crippen LogP contribution in [-0.4, -0.2) is 228 Å². The molecule has 20 N–H and O–H groups in total. The standard InChI is InChI=1S/C51H72FN13O16/c52-27-11-25-30(65(24-4-5-24)20-26(36(25)66)48(74)75)13-31(27)63-8-6-62(7-9-63)17-21-2-1-3-22(10-21)18-64-19-23(60-61-64)16-59-47(73)46-45(79-50-35(58)41(71)39(69)33(15-54)77-50)42(72)51(81-46)80-44-37(67)28(55)12-29(56)43(44)78-49-34(57)40(70)38(68)32(14-53)76-49/h1-3,10-11,13,19-20,24,28-29,32-35,37-46,49-51,67-72H,4-9,12,14-18,53-58H2,(H,59,73)(H,74,75)/t28-,29+,32-,33+,34-,35-,37+,38-,39-,40-,41-,42-,43-,44-,45+,46+,49-,50-,51-/m1/s1. The van der Waals surface area contributed by atoms with Crippen LogP contribution in [0.1, 0.15) is 52.5 Å². The summed E-state index contributed by atoms with van der Waals surface area (Å²) in [5, 5.41) is 86.6. The largest absolute Gasteiger partial charge is 0.477 e. The molecule has 0 spiro atoms. The van der Waals surface area contributed by atoms with Crippen LogP contribution in [0.4, 0.5) is 10.1 Å². The summed E-state index contributed by atoms with van der Waals surface area (Å²) in [6.45, 7) is 2.50. The number of carbonyl (C=O) groups excluding carboxylic acids is 1. The topological polar surface area (TPSA) is 458 Å². The first-order valence-corrected chi connectivity index (χ1v) is 27.0. The second-order valence-corrected chi connectivity index (χ2v) is 21.8. The van der Waals surface area contributed by atoms with Gasteiger partial charge in [0.1, 0.15) is 78.1 Å². The van der Waals surface area contributed by atoms with Gasteiger partial charge in [-0.15, -0.1) is 5.10 Å². The minimum Gasteiger partial charge on any atom is -0.477 e. The smallest absolute Gasteiger partial charge is 0.341 e. The minimum absolute atomic E-state index is 0.00307. The van der Waals surface area contributed by atoms with Gasteiger partial charge >= 0.3 is 5.97 Å². The van der Waals surface area contributed by atoms with Gasteiger partial charge in [0.25, 0.3) is 5.91 Å². The number of amides is 1. The van der Waals surface area contributed by atoms with E-state index in [4.69, 9.17) is 62.8 Å². The molecule has 6 heterocycles. The summed E-state index contributed by atoms with van der Waals surface area (Å²) in [5.74, 6) is -2.78. The second-order valence-electron chi connectivity index (χ2n) is 21.8. The number of hydrogen-bond acceptors (Lipinski definition) is 25. The Kier molecular flexibility index (Phi) is 17.8. The number of aromatic nitrogens is 4. The third-order valence-electron chi connectivity index (χ3n) is 16.1. The first kappa shape index (κ1) is 58.9. The molecule has 0 bridgehead atoms. The number of anilines is 1. The van der Waals surface area contributed by atoms with E-state index in [0.29, 0.717) is 56.2 Å². The van der Waals surface area contributed by atoms with Crippen molar-refractivity contribution >= 4 is 28.5 Å². The Bertz CT molecular complexity index is 2930. The molecule has 1 amide bonds. The SMILES string of the molecule is NC[C@@H]1O[C@H](O[C@H]2[C@@H](O)[C@H](O[C@@H]3[C@@H](O)[C@H](N)C[C@H](N)[C@H]3O[C@H]3O[C@H](CN)[C@@H](O)[C@H](O)[C@H]3N)O[C@@H]2C(=O)NCc2cn(Cc3cccc(CN4CCN(c5cc6c(cc5F)c(=O)c(C(=O)O)cn6C5CC5)CC4)c3)nn2)[C@H](N)[C@@H](O)[C@@H]1O. The van der Waals surface area contributed by atoms with Crippen molar-refractivity contribution in [2.75, 3.05) is 44.2 Å². The quantitative estimate of drug-likeness (QED) is 0.0441. The number of carboxylic acid groups (broad SMARTS) is 1. The number of carboxylic acids is 1. The lowest BCUT2D eigenvalue weighted by Crippen LogP contribution is -2.68. The van der Waals surface area contributed by atoms with Crippen LogP contribution in [0.15, 0.2) is 53.6 Å². The molecule has 4 aliphatic heterocycles. The van der Waals surface area contributed by atoms with Crippen molar-refractivity contribution in [3.63, 3.8) is 0 Å². The van der Waals surface area contributed by atoms with Crippen LogP contribution in [-0.2, 0) is 52.8 Å². The van der Waals surface area contributed by atoms with Crippen LogP contribution in [0.2, 0.25) is 0 Å². The van der Waals surface area contributed by atoms with Crippen LogP contribution in [0, 0.1) is 5.82 Å². The van der Waals surface area contributed by atoms with Crippen molar-refractivity contribution in [3.8, 4) is 0 Å². The minimum atomic E-state index is -1.86. The number of nitrogens with two attached hydrogens (primary N) is 6. The molecule has 30 heteroatoms. The lowest BCUT2D eigenvalue weighted by molar-refractivity contribution is -0.306.